The molecule has 0 saturated carbocycles. The van der Waals surface area contributed by atoms with Crippen LogP contribution in [0.25, 0.3) is 22.4 Å². The van der Waals surface area contributed by atoms with E-state index in [4.69, 9.17) is 5.26 Å². The number of thioether (sulfide) groups is 1. The molecule has 1 amide bonds. The second-order valence-electron chi connectivity index (χ2n) is 7.23. The Bertz CT molecular complexity index is 1480. The summed E-state index contributed by atoms with van der Waals surface area (Å²) in [6.07, 6.45) is 3.69. The van der Waals surface area contributed by atoms with Crippen molar-refractivity contribution >= 4 is 34.5 Å². The molecule has 0 unspecified atom stereocenters. The molecule has 8 nitrogen and oxygen atoms in total. The molecule has 0 fully saturated rings. The van der Waals surface area contributed by atoms with Gasteiger partial charge in [-0.25, -0.2) is 4.52 Å². The summed E-state index contributed by atoms with van der Waals surface area (Å²) in [7, 11) is 0. The normalized spacial score (nSPS) is 11.0. The lowest BCUT2D eigenvalue weighted by atomic mass is 10.1. The fourth-order valence-electron chi connectivity index (χ4n) is 3.31. The standard InChI is InChI=1S/C23H17N7OS/c1-15-2-6-17(7-3-15)19-12-20-22-26-27-23(29(22)10-11-30(20)28-19)32-14-21(31)25-18-8-4-16(13-24)5-9-18/h2-12H,14H2,1H3,(H,25,31). The van der Waals surface area contributed by atoms with Crippen molar-refractivity contribution in [2.75, 3.05) is 11.1 Å². The maximum absolute atomic E-state index is 12.3. The Morgan fingerprint density at radius 2 is 1.88 bits per heavy atom. The van der Waals surface area contributed by atoms with Crippen LogP contribution in [0.2, 0.25) is 0 Å². The quantitative estimate of drug-likeness (QED) is 0.416. The van der Waals surface area contributed by atoms with E-state index in [2.05, 4.69) is 45.7 Å². The highest BCUT2D eigenvalue weighted by atomic mass is 32.2. The number of aryl methyl sites for hydroxylation is 1. The van der Waals surface area contributed by atoms with E-state index in [0.29, 0.717) is 22.1 Å². The fraction of sp³-hybridized carbons (Fsp3) is 0.0870. The summed E-state index contributed by atoms with van der Waals surface area (Å²) >= 11 is 1.30. The van der Waals surface area contributed by atoms with Crippen LogP contribution in [0.4, 0.5) is 5.69 Å². The van der Waals surface area contributed by atoms with Gasteiger partial charge in [-0.2, -0.15) is 10.4 Å². The molecule has 0 radical (unpaired) electrons. The lowest BCUT2D eigenvalue weighted by Crippen LogP contribution is -2.14. The number of rotatable bonds is 5. The molecule has 3 aromatic heterocycles. The summed E-state index contributed by atoms with van der Waals surface area (Å²) in [6.45, 7) is 2.05. The zero-order valence-electron chi connectivity index (χ0n) is 17.1. The second-order valence-corrected chi connectivity index (χ2v) is 8.17. The number of anilines is 1. The van der Waals surface area contributed by atoms with Crippen molar-refractivity contribution in [3.63, 3.8) is 0 Å². The van der Waals surface area contributed by atoms with Gasteiger partial charge in [-0.05, 0) is 37.3 Å². The van der Waals surface area contributed by atoms with Crippen LogP contribution in [0.3, 0.4) is 0 Å². The third-order valence-corrected chi connectivity index (χ3v) is 5.91. The zero-order valence-corrected chi connectivity index (χ0v) is 17.9. The van der Waals surface area contributed by atoms with Gasteiger partial charge in [0.1, 0.15) is 5.52 Å². The molecule has 0 aliphatic carbocycles. The topological polar surface area (TPSA) is 100 Å². The first-order chi connectivity index (χ1) is 15.6. The van der Waals surface area contributed by atoms with Gasteiger partial charge in [0, 0.05) is 23.6 Å². The monoisotopic (exact) mass is 439 g/mol. The molecule has 0 aliphatic heterocycles. The maximum atomic E-state index is 12.3. The molecule has 5 aromatic rings. The molecule has 1 N–H and O–H groups in total. The number of amides is 1. The summed E-state index contributed by atoms with van der Waals surface area (Å²) in [5.74, 6) is 0.0170. The van der Waals surface area contributed by atoms with Crippen molar-refractivity contribution in [1.82, 2.24) is 24.2 Å². The Kier molecular flexibility index (Phi) is 5.05. The number of fused-ring (bicyclic) bond motifs is 3. The van der Waals surface area contributed by atoms with Gasteiger partial charge in [-0.1, -0.05) is 41.6 Å². The van der Waals surface area contributed by atoms with Gasteiger partial charge in [0.2, 0.25) is 5.91 Å². The minimum Gasteiger partial charge on any atom is -0.325 e. The lowest BCUT2D eigenvalue weighted by molar-refractivity contribution is -0.113. The molecule has 3 heterocycles. The smallest absolute Gasteiger partial charge is 0.234 e. The van der Waals surface area contributed by atoms with Crippen molar-refractivity contribution in [3.8, 4) is 17.3 Å². The van der Waals surface area contributed by atoms with Crippen LogP contribution in [0.5, 0.6) is 0 Å². The van der Waals surface area contributed by atoms with E-state index in [-0.39, 0.29) is 11.7 Å². The number of benzene rings is 2. The molecule has 0 spiro atoms. The first kappa shape index (κ1) is 19.8. The molecule has 32 heavy (non-hydrogen) atoms. The van der Waals surface area contributed by atoms with E-state index >= 15 is 0 Å². The molecule has 0 aliphatic rings. The molecular formula is C23H17N7OS. The van der Waals surface area contributed by atoms with Gasteiger partial charge in [0.15, 0.2) is 10.8 Å². The van der Waals surface area contributed by atoms with Crippen LogP contribution in [-0.2, 0) is 4.79 Å². The van der Waals surface area contributed by atoms with Crippen LogP contribution >= 0.6 is 11.8 Å². The van der Waals surface area contributed by atoms with Crippen molar-refractivity contribution in [3.05, 3.63) is 78.1 Å². The highest BCUT2D eigenvalue weighted by Crippen LogP contribution is 2.24. The Morgan fingerprint density at radius 1 is 1.09 bits per heavy atom. The molecule has 0 atom stereocenters. The van der Waals surface area contributed by atoms with Crippen LogP contribution in [0.15, 0.2) is 72.1 Å². The Morgan fingerprint density at radius 3 is 2.62 bits per heavy atom. The van der Waals surface area contributed by atoms with Gasteiger partial charge in [0.05, 0.1) is 23.1 Å². The van der Waals surface area contributed by atoms with Crippen LogP contribution in [0.1, 0.15) is 11.1 Å². The third-order valence-electron chi connectivity index (χ3n) is 4.96. The van der Waals surface area contributed by atoms with Crippen molar-refractivity contribution < 1.29 is 4.79 Å². The SMILES string of the molecule is Cc1ccc(-c2cc3c4nnc(SCC(=O)Nc5ccc(C#N)cc5)n4ccn3n2)cc1. The minimum atomic E-state index is -0.163. The first-order valence-corrected chi connectivity index (χ1v) is 10.8. The first-order valence-electron chi connectivity index (χ1n) is 9.84. The number of carbonyl (C=O) groups excluding carboxylic acids is 1. The predicted octanol–water partition coefficient (Wildman–Crippen LogP) is 3.95. The summed E-state index contributed by atoms with van der Waals surface area (Å²) in [5.41, 5.74) is 5.79. The number of carbonyl (C=O) groups is 1. The number of nitriles is 1. The molecule has 9 heteroatoms. The van der Waals surface area contributed by atoms with Crippen LogP contribution in [0, 0.1) is 18.3 Å². The maximum Gasteiger partial charge on any atom is 0.234 e. The summed E-state index contributed by atoms with van der Waals surface area (Å²) in [6, 6.07) is 19.0. The second kappa shape index (κ2) is 8.17. The van der Waals surface area contributed by atoms with Crippen molar-refractivity contribution in [2.45, 2.75) is 12.1 Å². The van der Waals surface area contributed by atoms with E-state index in [1.807, 2.05) is 35.0 Å². The minimum absolute atomic E-state index is 0.163. The van der Waals surface area contributed by atoms with Crippen LogP contribution < -0.4 is 5.32 Å². The molecule has 0 bridgehead atoms. The van der Waals surface area contributed by atoms with Gasteiger partial charge >= 0.3 is 0 Å². The van der Waals surface area contributed by atoms with Gasteiger partial charge in [-0.15, -0.1) is 10.2 Å². The van der Waals surface area contributed by atoms with E-state index in [0.717, 1.165) is 16.8 Å². The highest BCUT2D eigenvalue weighted by molar-refractivity contribution is 7.99. The summed E-state index contributed by atoms with van der Waals surface area (Å²) in [5, 5.41) is 25.5. The number of nitrogens with zero attached hydrogens (tertiary/aromatic N) is 6. The Labute approximate surface area is 187 Å². The van der Waals surface area contributed by atoms with E-state index in [9.17, 15) is 4.79 Å². The lowest BCUT2D eigenvalue weighted by Gasteiger charge is -2.04. The van der Waals surface area contributed by atoms with E-state index in [1.165, 1.54) is 17.3 Å². The summed E-state index contributed by atoms with van der Waals surface area (Å²) < 4.78 is 3.64. The zero-order chi connectivity index (χ0) is 22.1. The van der Waals surface area contributed by atoms with Gasteiger partial charge < -0.3 is 5.32 Å². The van der Waals surface area contributed by atoms with Crippen molar-refractivity contribution in [1.29, 1.82) is 5.26 Å². The van der Waals surface area contributed by atoms with Crippen molar-refractivity contribution in [2.24, 2.45) is 0 Å². The molecule has 5 rings (SSSR count). The third kappa shape index (κ3) is 3.79. The number of aromatic nitrogens is 5. The molecule has 2 aromatic carbocycles. The van der Waals surface area contributed by atoms with Crippen LogP contribution in [-0.4, -0.2) is 35.9 Å². The fourth-order valence-corrected chi connectivity index (χ4v) is 4.03. The average molecular weight is 440 g/mol. The predicted molar refractivity (Wildman–Crippen MR) is 122 cm³/mol. The number of hydrogen-bond donors (Lipinski definition) is 1. The number of nitrogens with one attached hydrogen (secondary N) is 1. The number of hydrogen-bond acceptors (Lipinski definition) is 6. The molecule has 0 saturated heterocycles. The van der Waals surface area contributed by atoms with Gasteiger partial charge in [-0.3, -0.25) is 9.20 Å². The van der Waals surface area contributed by atoms with Gasteiger partial charge in [0.25, 0.3) is 0 Å². The van der Waals surface area contributed by atoms with E-state index in [1.54, 1.807) is 28.8 Å². The Balaban J connectivity index is 1.34. The Hall–Kier alpha value is -4.16. The largest absolute Gasteiger partial charge is 0.325 e. The van der Waals surface area contributed by atoms with E-state index < -0.39 is 0 Å². The highest BCUT2D eigenvalue weighted by Gasteiger charge is 2.14. The molecule has 156 valence electrons. The average Bonchev–Trinajstić information content (AvgIpc) is 3.42. The molecular weight excluding hydrogens is 422 g/mol. The summed E-state index contributed by atoms with van der Waals surface area (Å²) in [4.78, 5) is 12.3.